The fourth-order valence-corrected chi connectivity index (χ4v) is 3.42. The van der Waals surface area contributed by atoms with Crippen LogP contribution in [0.25, 0.3) is 0 Å². The molecule has 1 N–H and O–H groups in total. The van der Waals surface area contributed by atoms with Crippen LogP contribution in [0.3, 0.4) is 0 Å². The van der Waals surface area contributed by atoms with Crippen molar-refractivity contribution in [1.82, 2.24) is 9.97 Å². The van der Waals surface area contributed by atoms with Crippen molar-refractivity contribution in [3.05, 3.63) is 47.3 Å². The number of ether oxygens (including phenoxy) is 1. The summed E-state index contributed by atoms with van der Waals surface area (Å²) in [4.78, 5) is 8.35. The van der Waals surface area contributed by atoms with E-state index in [9.17, 15) is 9.32 Å². The van der Waals surface area contributed by atoms with Crippen molar-refractivity contribution < 1.29 is 14.1 Å². The van der Waals surface area contributed by atoms with Crippen LogP contribution in [-0.2, 0) is 16.2 Å². The average Bonchev–Trinajstić information content (AvgIpc) is 2.51. The maximum Gasteiger partial charge on any atom is 0.219 e. The van der Waals surface area contributed by atoms with E-state index in [1.54, 1.807) is 0 Å². The Balaban J connectivity index is 1.90. The van der Waals surface area contributed by atoms with E-state index in [4.69, 9.17) is 4.74 Å². The zero-order valence-corrected chi connectivity index (χ0v) is 16.3. The second-order valence-corrected chi connectivity index (χ2v) is 8.57. The number of aryl methyl sites for hydroxylation is 2. The van der Waals surface area contributed by atoms with Crippen molar-refractivity contribution in [2.24, 2.45) is 0 Å². The first-order valence-corrected chi connectivity index (χ1v) is 9.59. The number of hydrogen-bond acceptors (Lipinski definition) is 5. The molecule has 25 heavy (non-hydrogen) atoms. The van der Waals surface area contributed by atoms with Gasteiger partial charge in [-0.1, -0.05) is 32.9 Å². The van der Waals surface area contributed by atoms with Crippen LogP contribution < -0.4 is 4.74 Å². The van der Waals surface area contributed by atoms with Crippen LogP contribution in [0.4, 0.5) is 0 Å². The summed E-state index contributed by atoms with van der Waals surface area (Å²) in [5, 5.41) is 10.3. The van der Waals surface area contributed by atoms with Crippen molar-refractivity contribution in [1.29, 1.82) is 0 Å². The van der Waals surface area contributed by atoms with Gasteiger partial charge in [-0.3, -0.25) is 4.21 Å². The number of benzene rings is 1. The van der Waals surface area contributed by atoms with Crippen LogP contribution in [-0.4, -0.2) is 37.7 Å². The first-order chi connectivity index (χ1) is 11.6. The minimum absolute atomic E-state index is 0.0446. The Morgan fingerprint density at radius 1 is 1.12 bits per heavy atom. The normalized spacial score (nSPS) is 14.2. The van der Waals surface area contributed by atoms with Gasteiger partial charge in [0.05, 0.1) is 22.7 Å². The molecule has 2 rings (SSSR count). The summed E-state index contributed by atoms with van der Waals surface area (Å²) < 4.78 is 17.9. The largest absolute Gasteiger partial charge is 0.491 e. The van der Waals surface area contributed by atoms with Crippen LogP contribution in [0, 0.1) is 13.8 Å². The SMILES string of the molecule is Cc1cc(C)nc(S(=O)CC(O)COc2ccc(C(C)(C)C)cc2)n1. The molecule has 0 aliphatic rings. The number of aromatic nitrogens is 2. The third-order valence-electron chi connectivity index (χ3n) is 3.67. The zero-order valence-electron chi connectivity index (χ0n) is 15.4. The predicted octanol–water partition coefficient (Wildman–Crippen LogP) is 2.94. The summed E-state index contributed by atoms with van der Waals surface area (Å²) in [6.07, 6.45) is -0.854. The van der Waals surface area contributed by atoms with Gasteiger partial charge in [-0.2, -0.15) is 0 Å². The molecule has 1 aromatic heterocycles. The molecule has 6 heteroatoms. The number of rotatable bonds is 6. The van der Waals surface area contributed by atoms with Gasteiger partial charge in [0.25, 0.3) is 0 Å². The highest BCUT2D eigenvalue weighted by Gasteiger charge is 2.16. The van der Waals surface area contributed by atoms with Crippen LogP contribution in [0.5, 0.6) is 5.75 Å². The average molecular weight is 362 g/mol. The van der Waals surface area contributed by atoms with Gasteiger partial charge in [0.1, 0.15) is 12.4 Å². The first kappa shape index (κ1) is 19.5. The van der Waals surface area contributed by atoms with Crippen LogP contribution >= 0.6 is 0 Å². The molecule has 5 nitrogen and oxygen atoms in total. The molecule has 2 atom stereocenters. The zero-order chi connectivity index (χ0) is 18.6. The second kappa shape index (κ2) is 8.06. The van der Waals surface area contributed by atoms with Gasteiger partial charge in [-0.05, 0) is 43.0 Å². The lowest BCUT2D eigenvalue weighted by molar-refractivity contribution is 0.125. The van der Waals surface area contributed by atoms with Crippen molar-refractivity contribution in [2.75, 3.05) is 12.4 Å². The molecular formula is C19H26N2O3S. The Labute approximate surface area is 151 Å². The summed E-state index contributed by atoms with van der Waals surface area (Å²) in [6.45, 7) is 10.2. The molecule has 0 radical (unpaired) electrons. The van der Waals surface area contributed by atoms with Gasteiger partial charge in [0.15, 0.2) is 0 Å². The molecule has 0 amide bonds. The van der Waals surface area contributed by atoms with E-state index in [2.05, 4.69) is 30.7 Å². The van der Waals surface area contributed by atoms with Crippen LogP contribution in [0.15, 0.2) is 35.5 Å². The Morgan fingerprint density at radius 3 is 2.20 bits per heavy atom. The van der Waals surface area contributed by atoms with E-state index >= 15 is 0 Å². The van der Waals surface area contributed by atoms with Gasteiger partial charge in [0, 0.05) is 11.4 Å². The highest BCUT2D eigenvalue weighted by atomic mass is 32.2. The van der Waals surface area contributed by atoms with Gasteiger partial charge in [-0.25, -0.2) is 9.97 Å². The van der Waals surface area contributed by atoms with E-state index in [-0.39, 0.29) is 22.9 Å². The molecule has 0 aliphatic carbocycles. The molecule has 2 unspecified atom stereocenters. The standard InChI is InChI=1S/C19H26N2O3S/c1-13-10-14(2)21-18(20-13)25(23)12-16(22)11-24-17-8-6-15(7-9-17)19(3,4)5/h6-10,16,22H,11-12H2,1-5H3. The van der Waals surface area contributed by atoms with E-state index in [1.807, 2.05) is 44.2 Å². The Kier molecular flexibility index (Phi) is 6.30. The summed E-state index contributed by atoms with van der Waals surface area (Å²) in [6, 6.07) is 9.63. The third-order valence-corrected chi connectivity index (χ3v) is 4.95. The summed E-state index contributed by atoms with van der Waals surface area (Å²) >= 11 is 0. The molecule has 1 aromatic carbocycles. The highest BCUT2D eigenvalue weighted by Crippen LogP contribution is 2.24. The minimum Gasteiger partial charge on any atom is -0.491 e. The smallest absolute Gasteiger partial charge is 0.219 e. The number of hydrogen-bond donors (Lipinski definition) is 1. The first-order valence-electron chi connectivity index (χ1n) is 8.27. The van der Waals surface area contributed by atoms with Gasteiger partial charge >= 0.3 is 0 Å². The lowest BCUT2D eigenvalue weighted by atomic mass is 9.87. The topological polar surface area (TPSA) is 72.3 Å². The lowest BCUT2D eigenvalue weighted by Gasteiger charge is -2.19. The quantitative estimate of drug-likeness (QED) is 0.800. The molecule has 136 valence electrons. The van der Waals surface area contributed by atoms with E-state index < -0.39 is 16.9 Å². The maximum absolute atomic E-state index is 12.3. The van der Waals surface area contributed by atoms with Gasteiger partial charge < -0.3 is 9.84 Å². The molecule has 0 bridgehead atoms. The molecular weight excluding hydrogens is 336 g/mol. The minimum atomic E-state index is -1.46. The molecule has 0 fully saturated rings. The Morgan fingerprint density at radius 2 is 1.68 bits per heavy atom. The van der Waals surface area contributed by atoms with Crippen molar-refractivity contribution >= 4 is 10.8 Å². The fraction of sp³-hybridized carbons (Fsp3) is 0.474. The summed E-state index contributed by atoms with van der Waals surface area (Å²) in [5.74, 6) is 0.726. The van der Waals surface area contributed by atoms with Crippen molar-refractivity contribution in [3.63, 3.8) is 0 Å². The molecule has 0 aliphatic heterocycles. The lowest BCUT2D eigenvalue weighted by Crippen LogP contribution is -2.25. The van der Waals surface area contributed by atoms with E-state index in [0.717, 1.165) is 11.4 Å². The highest BCUT2D eigenvalue weighted by molar-refractivity contribution is 7.84. The summed E-state index contributed by atoms with van der Waals surface area (Å²) in [5.41, 5.74) is 2.83. The van der Waals surface area contributed by atoms with Crippen molar-refractivity contribution in [3.8, 4) is 5.75 Å². The number of nitrogens with zero attached hydrogens (tertiary/aromatic N) is 2. The maximum atomic E-state index is 12.3. The van der Waals surface area contributed by atoms with Crippen molar-refractivity contribution in [2.45, 2.75) is 51.3 Å². The third kappa shape index (κ3) is 5.90. The van der Waals surface area contributed by atoms with E-state index in [1.165, 1.54) is 5.56 Å². The van der Waals surface area contributed by atoms with E-state index in [0.29, 0.717) is 5.75 Å². The van der Waals surface area contributed by atoms with Crippen LogP contribution in [0.2, 0.25) is 0 Å². The molecule has 0 saturated carbocycles. The Bertz CT molecular complexity index is 719. The summed E-state index contributed by atoms with van der Waals surface area (Å²) in [7, 11) is -1.46. The molecule has 0 spiro atoms. The van der Waals surface area contributed by atoms with Gasteiger partial charge in [-0.15, -0.1) is 0 Å². The molecule has 0 saturated heterocycles. The van der Waals surface area contributed by atoms with Gasteiger partial charge in [0.2, 0.25) is 5.16 Å². The van der Waals surface area contributed by atoms with Crippen LogP contribution in [0.1, 0.15) is 37.7 Å². The molecule has 1 heterocycles. The second-order valence-electron chi connectivity index (χ2n) is 7.18. The number of aliphatic hydroxyl groups is 1. The Hall–Kier alpha value is -1.79. The molecule has 2 aromatic rings. The monoisotopic (exact) mass is 362 g/mol. The fourth-order valence-electron chi connectivity index (χ4n) is 2.34. The number of aliphatic hydroxyl groups excluding tert-OH is 1. The predicted molar refractivity (Wildman–Crippen MR) is 99.4 cm³/mol.